The number of piperidine rings is 1. The Morgan fingerprint density at radius 3 is 2.53 bits per heavy atom. The van der Waals surface area contributed by atoms with Crippen molar-refractivity contribution in [2.45, 2.75) is 38.3 Å². The van der Waals surface area contributed by atoms with E-state index in [-0.39, 0.29) is 24.4 Å². The molecule has 2 heterocycles. The summed E-state index contributed by atoms with van der Waals surface area (Å²) >= 11 is 6.02. The minimum absolute atomic E-state index is 0.0479. The van der Waals surface area contributed by atoms with E-state index >= 15 is 0 Å². The number of amides is 4. The normalized spacial score (nSPS) is 18.1. The highest BCUT2D eigenvalue weighted by Gasteiger charge is 2.52. The molecule has 0 atom stereocenters. The zero-order valence-electron chi connectivity index (χ0n) is 16.9. The molecule has 0 saturated carbocycles. The van der Waals surface area contributed by atoms with Crippen molar-refractivity contribution in [3.63, 3.8) is 0 Å². The highest BCUT2D eigenvalue weighted by Crippen LogP contribution is 2.31. The number of nitrogens with one attached hydrogen (secondary N) is 1. The quantitative estimate of drug-likeness (QED) is 0.764. The predicted octanol–water partition coefficient (Wildman–Crippen LogP) is 3.30. The number of hydrogen-bond acceptors (Lipinski definition) is 3. The molecule has 7 heteroatoms. The molecule has 2 aromatic carbocycles. The van der Waals surface area contributed by atoms with Crippen molar-refractivity contribution in [1.29, 1.82) is 0 Å². The maximum absolute atomic E-state index is 13.1. The molecule has 2 fully saturated rings. The molecular formula is C23H24ClN3O3. The maximum atomic E-state index is 13.1. The van der Waals surface area contributed by atoms with Crippen molar-refractivity contribution in [2.24, 2.45) is 0 Å². The van der Waals surface area contributed by atoms with Crippen molar-refractivity contribution in [1.82, 2.24) is 15.1 Å². The topological polar surface area (TPSA) is 69.7 Å². The van der Waals surface area contributed by atoms with E-state index in [2.05, 4.69) is 5.32 Å². The van der Waals surface area contributed by atoms with Gasteiger partial charge in [0.25, 0.3) is 5.91 Å². The molecule has 4 amide bonds. The second-order valence-corrected chi connectivity index (χ2v) is 8.45. The standard InChI is InChI=1S/C23H24ClN3O3/c1-16-5-2-3-7-18(16)14-20(28)26-11-9-23(10-12-26)21(29)27(22(30)25-23)15-17-6-4-8-19(24)13-17/h2-8,13H,9-12,14-15H2,1H3,(H,25,30). The predicted molar refractivity (Wildman–Crippen MR) is 114 cm³/mol. The van der Waals surface area contributed by atoms with E-state index in [1.165, 1.54) is 4.90 Å². The minimum atomic E-state index is -0.922. The largest absolute Gasteiger partial charge is 0.342 e. The first-order valence-corrected chi connectivity index (χ1v) is 10.5. The number of imide groups is 1. The summed E-state index contributed by atoms with van der Waals surface area (Å²) in [5, 5.41) is 3.45. The molecule has 0 radical (unpaired) electrons. The minimum Gasteiger partial charge on any atom is -0.342 e. The molecule has 4 rings (SSSR count). The monoisotopic (exact) mass is 425 g/mol. The summed E-state index contributed by atoms with van der Waals surface area (Å²) in [4.78, 5) is 41.4. The van der Waals surface area contributed by atoms with Crippen LogP contribution in [0.3, 0.4) is 0 Å². The van der Waals surface area contributed by atoms with Crippen molar-refractivity contribution in [2.75, 3.05) is 13.1 Å². The molecule has 2 saturated heterocycles. The second kappa shape index (κ2) is 8.11. The number of rotatable bonds is 4. The van der Waals surface area contributed by atoms with Crippen molar-refractivity contribution in [3.8, 4) is 0 Å². The lowest BCUT2D eigenvalue weighted by Gasteiger charge is -2.37. The van der Waals surface area contributed by atoms with E-state index in [9.17, 15) is 14.4 Å². The first-order chi connectivity index (χ1) is 14.4. The van der Waals surface area contributed by atoms with E-state index in [4.69, 9.17) is 11.6 Å². The van der Waals surface area contributed by atoms with Gasteiger partial charge in [0, 0.05) is 18.1 Å². The first kappa shape index (κ1) is 20.4. The number of halogens is 1. The summed E-state index contributed by atoms with van der Waals surface area (Å²) in [7, 11) is 0. The van der Waals surface area contributed by atoms with Crippen molar-refractivity contribution < 1.29 is 14.4 Å². The van der Waals surface area contributed by atoms with Gasteiger partial charge < -0.3 is 10.2 Å². The lowest BCUT2D eigenvalue weighted by Crippen LogP contribution is -2.56. The fraction of sp³-hybridized carbons (Fsp3) is 0.348. The molecule has 2 aliphatic heterocycles. The molecule has 0 unspecified atom stereocenters. The summed E-state index contributed by atoms with van der Waals surface area (Å²) in [5.41, 5.74) is 1.98. The molecule has 0 aromatic heterocycles. The molecule has 30 heavy (non-hydrogen) atoms. The number of urea groups is 1. The third-order valence-electron chi connectivity index (χ3n) is 6.05. The summed E-state index contributed by atoms with van der Waals surface area (Å²) in [5.74, 6) is -0.176. The summed E-state index contributed by atoms with van der Waals surface area (Å²) < 4.78 is 0. The molecular weight excluding hydrogens is 402 g/mol. The summed E-state index contributed by atoms with van der Waals surface area (Å²) in [6.07, 6.45) is 1.19. The Bertz CT molecular complexity index is 999. The number of benzene rings is 2. The van der Waals surface area contributed by atoms with Gasteiger partial charge in [0.15, 0.2) is 0 Å². The number of likely N-dealkylation sites (tertiary alicyclic amines) is 1. The van der Waals surface area contributed by atoms with Gasteiger partial charge in [0.2, 0.25) is 5.91 Å². The molecule has 2 aromatic rings. The number of carbonyl (C=O) groups is 3. The third-order valence-corrected chi connectivity index (χ3v) is 6.28. The second-order valence-electron chi connectivity index (χ2n) is 8.02. The fourth-order valence-electron chi connectivity index (χ4n) is 4.20. The van der Waals surface area contributed by atoms with Crippen LogP contribution in [0.15, 0.2) is 48.5 Å². The molecule has 156 valence electrons. The van der Waals surface area contributed by atoms with Crippen molar-refractivity contribution >= 4 is 29.4 Å². The molecule has 1 N–H and O–H groups in total. The van der Waals surface area contributed by atoms with Crippen LogP contribution in [0.25, 0.3) is 0 Å². The Labute approximate surface area is 180 Å². The Morgan fingerprint density at radius 1 is 1.10 bits per heavy atom. The van der Waals surface area contributed by atoms with Gasteiger partial charge in [-0.3, -0.25) is 14.5 Å². The Balaban J connectivity index is 1.40. The Hall–Kier alpha value is -2.86. The zero-order chi connectivity index (χ0) is 21.3. The van der Waals surface area contributed by atoms with Gasteiger partial charge in [-0.1, -0.05) is 48.0 Å². The van der Waals surface area contributed by atoms with Gasteiger partial charge in [-0.15, -0.1) is 0 Å². The SMILES string of the molecule is Cc1ccccc1CC(=O)N1CCC2(CC1)NC(=O)N(Cc1cccc(Cl)c1)C2=O. The van der Waals surface area contributed by atoms with Crippen LogP contribution >= 0.6 is 11.6 Å². The lowest BCUT2D eigenvalue weighted by atomic mass is 9.87. The summed E-state index contributed by atoms with van der Waals surface area (Å²) in [6, 6.07) is 14.6. The van der Waals surface area contributed by atoms with Crippen LogP contribution in [0.1, 0.15) is 29.5 Å². The van der Waals surface area contributed by atoms with Crippen LogP contribution < -0.4 is 5.32 Å². The third kappa shape index (κ3) is 3.92. The Kier molecular flexibility index (Phi) is 5.52. The van der Waals surface area contributed by atoms with E-state index in [1.807, 2.05) is 37.3 Å². The average molecular weight is 426 g/mol. The first-order valence-electron chi connectivity index (χ1n) is 10.1. The van der Waals surface area contributed by atoms with Crippen LogP contribution in [-0.4, -0.2) is 46.3 Å². The highest BCUT2D eigenvalue weighted by atomic mass is 35.5. The van der Waals surface area contributed by atoms with E-state index in [1.54, 1.807) is 23.1 Å². The van der Waals surface area contributed by atoms with E-state index in [0.29, 0.717) is 37.4 Å². The number of carbonyl (C=O) groups excluding carboxylic acids is 3. The van der Waals surface area contributed by atoms with Gasteiger partial charge in [0.05, 0.1) is 13.0 Å². The molecule has 1 spiro atoms. The average Bonchev–Trinajstić information content (AvgIpc) is 2.94. The number of aryl methyl sites for hydroxylation is 1. The molecule has 0 aliphatic carbocycles. The Morgan fingerprint density at radius 2 is 1.83 bits per heavy atom. The zero-order valence-corrected chi connectivity index (χ0v) is 17.6. The van der Waals surface area contributed by atoms with Crippen LogP contribution in [-0.2, 0) is 22.6 Å². The van der Waals surface area contributed by atoms with Gasteiger partial charge >= 0.3 is 6.03 Å². The van der Waals surface area contributed by atoms with E-state index in [0.717, 1.165) is 16.7 Å². The van der Waals surface area contributed by atoms with Gasteiger partial charge in [0.1, 0.15) is 5.54 Å². The van der Waals surface area contributed by atoms with Crippen LogP contribution in [0.2, 0.25) is 5.02 Å². The van der Waals surface area contributed by atoms with Crippen LogP contribution in [0.4, 0.5) is 4.79 Å². The molecule has 0 bridgehead atoms. The maximum Gasteiger partial charge on any atom is 0.325 e. The van der Waals surface area contributed by atoms with Crippen molar-refractivity contribution in [3.05, 3.63) is 70.2 Å². The number of nitrogens with zero attached hydrogens (tertiary/aromatic N) is 2. The lowest BCUT2D eigenvalue weighted by molar-refractivity contribution is -0.138. The van der Waals surface area contributed by atoms with Gasteiger partial charge in [-0.05, 0) is 48.6 Å². The molecule has 2 aliphatic rings. The van der Waals surface area contributed by atoms with Gasteiger partial charge in [-0.2, -0.15) is 0 Å². The fourth-order valence-corrected chi connectivity index (χ4v) is 4.41. The van der Waals surface area contributed by atoms with Crippen LogP contribution in [0, 0.1) is 6.92 Å². The van der Waals surface area contributed by atoms with Crippen LogP contribution in [0.5, 0.6) is 0 Å². The smallest absolute Gasteiger partial charge is 0.325 e. The summed E-state index contributed by atoms with van der Waals surface area (Å²) in [6.45, 7) is 3.07. The highest BCUT2D eigenvalue weighted by molar-refractivity contribution is 6.30. The van der Waals surface area contributed by atoms with E-state index < -0.39 is 5.54 Å². The van der Waals surface area contributed by atoms with Gasteiger partial charge in [-0.25, -0.2) is 4.79 Å². The number of hydrogen-bond donors (Lipinski definition) is 1. The molecule has 6 nitrogen and oxygen atoms in total.